The molecule has 1 aromatic rings. The molecule has 0 atom stereocenters. The molecule has 2 rings (SSSR count). The van der Waals surface area contributed by atoms with Crippen molar-refractivity contribution in [1.82, 2.24) is 0 Å². The van der Waals surface area contributed by atoms with Crippen LogP contribution in [0.5, 0.6) is 0 Å². The molecule has 0 spiro atoms. The standard InChI is InChI=1S/C15H20F3NO/c1-11-6-8-14(20,9-7-11)10-19-13-4-2-12(3-5-13)15(16,17)18/h2-5,11,19-20H,6-10H2,1H3. The molecule has 0 amide bonds. The van der Waals surface area contributed by atoms with Gasteiger partial charge in [-0.05, 0) is 55.9 Å². The molecule has 0 saturated heterocycles. The molecule has 1 aliphatic carbocycles. The van der Waals surface area contributed by atoms with Gasteiger partial charge in [-0.1, -0.05) is 6.92 Å². The lowest BCUT2D eigenvalue weighted by Crippen LogP contribution is -2.40. The smallest absolute Gasteiger partial charge is 0.388 e. The van der Waals surface area contributed by atoms with Crippen LogP contribution in [0.3, 0.4) is 0 Å². The molecule has 112 valence electrons. The summed E-state index contributed by atoms with van der Waals surface area (Å²) in [6, 6.07) is 4.90. The molecule has 0 aliphatic heterocycles. The van der Waals surface area contributed by atoms with Crippen molar-refractivity contribution >= 4 is 5.69 Å². The summed E-state index contributed by atoms with van der Waals surface area (Å²) in [4.78, 5) is 0. The summed E-state index contributed by atoms with van der Waals surface area (Å²) in [5.41, 5.74) is -0.798. The highest BCUT2D eigenvalue weighted by Gasteiger charge is 2.32. The van der Waals surface area contributed by atoms with Gasteiger partial charge in [-0.2, -0.15) is 13.2 Å². The quantitative estimate of drug-likeness (QED) is 0.878. The first kappa shape index (κ1) is 15.2. The molecular formula is C15H20F3NO. The van der Waals surface area contributed by atoms with E-state index in [1.54, 1.807) is 0 Å². The highest BCUT2D eigenvalue weighted by molar-refractivity contribution is 5.45. The molecule has 0 bridgehead atoms. The molecule has 2 nitrogen and oxygen atoms in total. The molecule has 1 aromatic carbocycles. The van der Waals surface area contributed by atoms with Crippen molar-refractivity contribution in [2.24, 2.45) is 5.92 Å². The topological polar surface area (TPSA) is 32.3 Å². The molecule has 0 radical (unpaired) electrons. The van der Waals surface area contributed by atoms with Crippen molar-refractivity contribution in [3.8, 4) is 0 Å². The molecule has 0 aromatic heterocycles. The average molecular weight is 287 g/mol. The fourth-order valence-electron chi connectivity index (χ4n) is 2.52. The number of rotatable bonds is 3. The number of halogens is 3. The van der Waals surface area contributed by atoms with Crippen LogP contribution in [0.15, 0.2) is 24.3 Å². The Balaban J connectivity index is 1.91. The highest BCUT2D eigenvalue weighted by Crippen LogP contribution is 2.33. The summed E-state index contributed by atoms with van der Waals surface area (Å²) in [5.74, 6) is 0.640. The second-order valence-corrected chi connectivity index (χ2v) is 5.84. The van der Waals surface area contributed by atoms with Crippen molar-refractivity contribution in [1.29, 1.82) is 0 Å². The zero-order chi connectivity index (χ0) is 14.8. The SMILES string of the molecule is CC1CCC(O)(CNc2ccc(C(F)(F)F)cc2)CC1. The summed E-state index contributed by atoms with van der Waals surface area (Å²) in [7, 11) is 0. The Kier molecular flexibility index (Phi) is 4.28. The van der Waals surface area contributed by atoms with Gasteiger partial charge < -0.3 is 10.4 Å². The second-order valence-electron chi connectivity index (χ2n) is 5.84. The van der Waals surface area contributed by atoms with Crippen molar-refractivity contribution < 1.29 is 18.3 Å². The van der Waals surface area contributed by atoms with Crippen LogP contribution in [0.1, 0.15) is 38.2 Å². The maximum absolute atomic E-state index is 12.4. The third kappa shape index (κ3) is 3.88. The van der Waals surface area contributed by atoms with Crippen LogP contribution in [-0.2, 0) is 6.18 Å². The van der Waals surface area contributed by atoms with E-state index in [0.29, 0.717) is 18.2 Å². The first-order valence-corrected chi connectivity index (χ1v) is 6.92. The van der Waals surface area contributed by atoms with E-state index in [-0.39, 0.29) is 0 Å². The maximum Gasteiger partial charge on any atom is 0.416 e. The van der Waals surface area contributed by atoms with Crippen LogP contribution in [0.2, 0.25) is 0 Å². The molecule has 0 unspecified atom stereocenters. The number of benzene rings is 1. The third-order valence-electron chi connectivity index (χ3n) is 4.04. The summed E-state index contributed by atoms with van der Waals surface area (Å²) >= 11 is 0. The van der Waals surface area contributed by atoms with E-state index in [2.05, 4.69) is 12.2 Å². The van der Waals surface area contributed by atoms with Crippen LogP contribution in [0.4, 0.5) is 18.9 Å². The number of nitrogens with one attached hydrogen (secondary N) is 1. The minimum absolute atomic E-state index is 0.380. The van der Waals surface area contributed by atoms with E-state index in [9.17, 15) is 18.3 Å². The Morgan fingerprint density at radius 2 is 1.75 bits per heavy atom. The van der Waals surface area contributed by atoms with Gasteiger partial charge in [0.15, 0.2) is 0 Å². The zero-order valence-electron chi connectivity index (χ0n) is 11.5. The van der Waals surface area contributed by atoms with E-state index >= 15 is 0 Å². The second kappa shape index (κ2) is 5.64. The molecule has 1 fully saturated rings. The van der Waals surface area contributed by atoms with Gasteiger partial charge in [0.2, 0.25) is 0 Å². The lowest BCUT2D eigenvalue weighted by Gasteiger charge is -2.35. The van der Waals surface area contributed by atoms with Gasteiger partial charge >= 0.3 is 6.18 Å². The number of anilines is 1. The van der Waals surface area contributed by atoms with Crippen molar-refractivity contribution in [2.45, 2.75) is 44.4 Å². The summed E-state index contributed by atoms with van der Waals surface area (Å²) < 4.78 is 37.3. The molecule has 1 saturated carbocycles. The van der Waals surface area contributed by atoms with Gasteiger partial charge in [-0.25, -0.2) is 0 Å². The van der Waals surface area contributed by atoms with Crippen molar-refractivity contribution in [3.05, 3.63) is 29.8 Å². The van der Waals surface area contributed by atoms with Crippen molar-refractivity contribution in [2.75, 3.05) is 11.9 Å². The van der Waals surface area contributed by atoms with Gasteiger partial charge in [-0.3, -0.25) is 0 Å². The molecule has 1 aliphatic rings. The lowest BCUT2D eigenvalue weighted by molar-refractivity contribution is -0.137. The van der Waals surface area contributed by atoms with Crippen LogP contribution in [0, 0.1) is 5.92 Å². The largest absolute Gasteiger partial charge is 0.416 e. The summed E-state index contributed by atoms with van der Waals surface area (Å²) in [6.07, 6.45) is -0.851. The molecular weight excluding hydrogens is 267 g/mol. The Morgan fingerprint density at radius 3 is 2.25 bits per heavy atom. The van der Waals surface area contributed by atoms with Crippen LogP contribution in [0.25, 0.3) is 0 Å². The first-order valence-electron chi connectivity index (χ1n) is 6.92. The maximum atomic E-state index is 12.4. The Bertz CT molecular complexity index is 433. The molecule has 5 heteroatoms. The highest BCUT2D eigenvalue weighted by atomic mass is 19.4. The Morgan fingerprint density at radius 1 is 1.20 bits per heavy atom. The average Bonchev–Trinajstić information content (AvgIpc) is 2.40. The van der Waals surface area contributed by atoms with Crippen LogP contribution < -0.4 is 5.32 Å². The van der Waals surface area contributed by atoms with Crippen LogP contribution >= 0.6 is 0 Å². The molecule has 0 heterocycles. The van der Waals surface area contributed by atoms with Gasteiger partial charge in [-0.15, -0.1) is 0 Å². The van der Waals surface area contributed by atoms with Crippen molar-refractivity contribution in [3.63, 3.8) is 0 Å². The van der Waals surface area contributed by atoms with E-state index in [0.717, 1.165) is 37.8 Å². The minimum atomic E-state index is -4.31. The van der Waals surface area contributed by atoms with Crippen LogP contribution in [-0.4, -0.2) is 17.3 Å². The third-order valence-corrected chi connectivity index (χ3v) is 4.04. The number of hydrogen-bond acceptors (Lipinski definition) is 2. The lowest BCUT2D eigenvalue weighted by atomic mass is 9.79. The summed E-state index contributed by atoms with van der Waals surface area (Å²) in [5, 5.41) is 13.4. The predicted octanol–water partition coefficient (Wildman–Crippen LogP) is 4.06. The monoisotopic (exact) mass is 287 g/mol. The molecule has 20 heavy (non-hydrogen) atoms. The minimum Gasteiger partial charge on any atom is -0.388 e. The normalized spacial score (nSPS) is 27.4. The first-order chi connectivity index (χ1) is 9.28. The molecule has 2 N–H and O–H groups in total. The fraction of sp³-hybridized carbons (Fsp3) is 0.600. The summed E-state index contributed by atoms with van der Waals surface area (Å²) in [6.45, 7) is 2.55. The number of hydrogen-bond donors (Lipinski definition) is 2. The van der Waals surface area contributed by atoms with E-state index in [4.69, 9.17) is 0 Å². The van der Waals surface area contributed by atoms with E-state index < -0.39 is 17.3 Å². The number of alkyl halides is 3. The van der Waals surface area contributed by atoms with E-state index in [1.165, 1.54) is 12.1 Å². The van der Waals surface area contributed by atoms with Gasteiger partial charge in [0.1, 0.15) is 0 Å². The fourth-order valence-corrected chi connectivity index (χ4v) is 2.52. The van der Waals surface area contributed by atoms with E-state index in [1.807, 2.05) is 0 Å². The van der Waals surface area contributed by atoms with Gasteiger partial charge in [0.25, 0.3) is 0 Å². The van der Waals surface area contributed by atoms with Gasteiger partial charge in [0.05, 0.1) is 11.2 Å². The van der Waals surface area contributed by atoms with Gasteiger partial charge in [0, 0.05) is 12.2 Å². The predicted molar refractivity (Wildman–Crippen MR) is 72.5 cm³/mol. The Hall–Kier alpha value is -1.23. The Labute approximate surface area is 117 Å². The number of aliphatic hydroxyl groups is 1. The zero-order valence-corrected chi connectivity index (χ0v) is 11.5.